The molecule has 0 aromatic carbocycles. The Kier molecular flexibility index (Phi) is 4.39. The molecular weight excluding hydrogens is 242 g/mol. The van der Waals surface area contributed by atoms with Gasteiger partial charge in [-0.3, -0.25) is 0 Å². The molecule has 0 aromatic rings. The van der Waals surface area contributed by atoms with E-state index in [1.165, 1.54) is 12.8 Å². The fraction of sp³-hybridized carbons (Fsp3) is 0.933. The second kappa shape index (κ2) is 5.70. The van der Waals surface area contributed by atoms with Gasteiger partial charge in [0.25, 0.3) is 0 Å². The van der Waals surface area contributed by atoms with Crippen molar-refractivity contribution in [3.8, 4) is 0 Å². The van der Waals surface area contributed by atoms with Gasteiger partial charge in [0.2, 0.25) is 0 Å². The first-order valence-corrected chi connectivity index (χ1v) is 7.49. The van der Waals surface area contributed by atoms with Crippen LogP contribution < -0.4 is 0 Å². The Balaban J connectivity index is 1.78. The van der Waals surface area contributed by atoms with E-state index in [-0.39, 0.29) is 6.09 Å². The Morgan fingerprint density at radius 3 is 2.26 bits per heavy atom. The zero-order valence-corrected chi connectivity index (χ0v) is 12.4. The van der Waals surface area contributed by atoms with Gasteiger partial charge in [-0.1, -0.05) is 0 Å². The summed E-state index contributed by atoms with van der Waals surface area (Å²) in [6.07, 6.45) is 4.36. The Morgan fingerprint density at radius 2 is 1.84 bits per heavy atom. The third-order valence-electron chi connectivity index (χ3n) is 4.51. The lowest BCUT2D eigenvalue weighted by Crippen LogP contribution is -2.45. The van der Waals surface area contributed by atoms with Gasteiger partial charge >= 0.3 is 6.09 Å². The maximum absolute atomic E-state index is 12.0. The van der Waals surface area contributed by atoms with Crippen molar-refractivity contribution in [1.82, 2.24) is 4.90 Å². The molecule has 2 unspecified atom stereocenters. The summed E-state index contributed by atoms with van der Waals surface area (Å²) in [6.45, 7) is 7.63. The van der Waals surface area contributed by atoms with Gasteiger partial charge in [-0.2, -0.15) is 0 Å². The van der Waals surface area contributed by atoms with E-state index >= 15 is 0 Å². The van der Waals surface area contributed by atoms with Crippen LogP contribution in [0.3, 0.4) is 0 Å². The minimum Gasteiger partial charge on any atom is -0.444 e. The molecule has 0 spiro atoms. The minimum absolute atomic E-state index is 0.182. The zero-order chi connectivity index (χ0) is 14.0. The number of nitrogens with zero attached hydrogens (tertiary/aromatic N) is 1. The van der Waals surface area contributed by atoms with Crippen molar-refractivity contribution in [3.05, 3.63) is 0 Å². The fourth-order valence-corrected chi connectivity index (χ4v) is 3.28. The molecule has 1 saturated carbocycles. The maximum Gasteiger partial charge on any atom is 0.410 e. The summed E-state index contributed by atoms with van der Waals surface area (Å²) < 4.78 is 5.40. The lowest BCUT2D eigenvalue weighted by Gasteiger charge is -2.44. The van der Waals surface area contributed by atoms with Crippen LogP contribution >= 0.6 is 0 Å². The monoisotopic (exact) mass is 269 g/mol. The molecule has 4 nitrogen and oxygen atoms in total. The standard InChI is InChI=1S/C15H27NO3/c1-15(2,3)19-14(18)16-8-6-11(7-9-16)13-5-4-12(13)10-17/h11-13,17H,4-10H2,1-3H3. The van der Waals surface area contributed by atoms with Gasteiger partial charge < -0.3 is 14.7 Å². The molecule has 0 aromatic heterocycles. The van der Waals surface area contributed by atoms with Gasteiger partial charge in [-0.15, -0.1) is 0 Å². The van der Waals surface area contributed by atoms with Crippen LogP contribution in [0, 0.1) is 17.8 Å². The number of hydrogen-bond acceptors (Lipinski definition) is 3. The molecule has 2 aliphatic rings. The van der Waals surface area contributed by atoms with Crippen molar-refractivity contribution < 1.29 is 14.6 Å². The predicted molar refractivity (Wildman–Crippen MR) is 73.8 cm³/mol. The van der Waals surface area contributed by atoms with Crippen molar-refractivity contribution in [2.24, 2.45) is 17.8 Å². The molecule has 1 amide bonds. The number of piperidine rings is 1. The molecule has 4 heteroatoms. The van der Waals surface area contributed by atoms with E-state index in [1.54, 1.807) is 0 Å². The van der Waals surface area contributed by atoms with Gasteiger partial charge in [0, 0.05) is 19.7 Å². The van der Waals surface area contributed by atoms with Crippen molar-refractivity contribution in [2.45, 2.75) is 52.1 Å². The molecule has 1 N–H and O–H groups in total. The molecule has 1 aliphatic carbocycles. The number of aliphatic hydroxyl groups is 1. The molecule has 1 saturated heterocycles. The van der Waals surface area contributed by atoms with Gasteiger partial charge in [-0.25, -0.2) is 4.79 Å². The summed E-state index contributed by atoms with van der Waals surface area (Å²) in [5.41, 5.74) is -0.413. The van der Waals surface area contributed by atoms with E-state index in [9.17, 15) is 9.90 Å². The first-order valence-electron chi connectivity index (χ1n) is 7.49. The lowest BCUT2D eigenvalue weighted by atomic mass is 9.65. The van der Waals surface area contributed by atoms with Crippen LogP contribution in [0.5, 0.6) is 0 Å². The quantitative estimate of drug-likeness (QED) is 0.838. The zero-order valence-electron chi connectivity index (χ0n) is 12.4. The molecule has 2 atom stereocenters. The van der Waals surface area contributed by atoms with Gasteiger partial charge in [-0.05, 0) is 64.2 Å². The summed E-state index contributed by atoms with van der Waals surface area (Å²) in [6, 6.07) is 0. The second-order valence-corrected chi connectivity index (χ2v) is 6.99. The van der Waals surface area contributed by atoms with Crippen molar-refractivity contribution in [3.63, 3.8) is 0 Å². The largest absolute Gasteiger partial charge is 0.444 e. The van der Waals surface area contributed by atoms with Gasteiger partial charge in [0.1, 0.15) is 5.60 Å². The van der Waals surface area contributed by atoms with E-state index in [0.717, 1.165) is 25.9 Å². The van der Waals surface area contributed by atoms with Crippen LogP contribution in [-0.4, -0.2) is 41.4 Å². The highest BCUT2D eigenvalue weighted by Crippen LogP contribution is 2.43. The molecular formula is C15H27NO3. The highest BCUT2D eigenvalue weighted by atomic mass is 16.6. The number of ether oxygens (including phenoxy) is 1. The molecule has 19 heavy (non-hydrogen) atoms. The average Bonchev–Trinajstić information content (AvgIpc) is 2.27. The van der Waals surface area contributed by atoms with Crippen LogP contribution in [0.15, 0.2) is 0 Å². The van der Waals surface area contributed by atoms with E-state index in [2.05, 4.69) is 0 Å². The number of rotatable bonds is 2. The SMILES string of the molecule is CC(C)(C)OC(=O)N1CCC(C2CCC2CO)CC1. The Bertz CT molecular complexity index is 314. The molecule has 0 bridgehead atoms. The summed E-state index contributed by atoms with van der Waals surface area (Å²) in [7, 11) is 0. The second-order valence-electron chi connectivity index (χ2n) is 6.99. The molecule has 0 radical (unpaired) electrons. The summed E-state index contributed by atoms with van der Waals surface area (Å²) in [5, 5.41) is 9.27. The van der Waals surface area contributed by atoms with E-state index in [0.29, 0.717) is 24.4 Å². The highest BCUT2D eigenvalue weighted by Gasteiger charge is 2.38. The normalized spacial score (nSPS) is 28.9. The van der Waals surface area contributed by atoms with Crippen LogP contribution in [0.25, 0.3) is 0 Å². The molecule has 1 aliphatic heterocycles. The molecule has 2 fully saturated rings. The third-order valence-corrected chi connectivity index (χ3v) is 4.51. The topological polar surface area (TPSA) is 49.8 Å². The van der Waals surface area contributed by atoms with E-state index < -0.39 is 5.60 Å². The number of likely N-dealkylation sites (tertiary alicyclic amines) is 1. The summed E-state index contributed by atoms with van der Waals surface area (Å²) >= 11 is 0. The highest BCUT2D eigenvalue weighted by molar-refractivity contribution is 5.68. The Labute approximate surface area is 116 Å². The van der Waals surface area contributed by atoms with Crippen LogP contribution in [0.2, 0.25) is 0 Å². The first kappa shape index (κ1) is 14.6. The van der Waals surface area contributed by atoms with Crippen molar-refractivity contribution in [1.29, 1.82) is 0 Å². The number of aliphatic hydroxyl groups excluding tert-OH is 1. The lowest BCUT2D eigenvalue weighted by molar-refractivity contribution is -0.00188. The molecule has 2 rings (SSSR count). The van der Waals surface area contributed by atoms with E-state index in [4.69, 9.17) is 4.74 Å². The van der Waals surface area contributed by atoms with Crippen molar-refractivity contribution >= 4 is 6.09 Å². The van der Waals surface area contributed by atoms with Crippen LogP contribution in [-0.2, 0) is 4.74 Å². The van der Waals surface area contributed by atoms with Crippen molar-refractivity contribution in [2.75, 3.05) is 19.7 Å². The maximum atomic E-state index is 12.0. The van der Waals surface area contributed by atoms with Crippen LogP contribution in [0.4, 0.5) is 4.79 Å². The van der Waals surface area contributed by atoms with Gasteiger partial charge in [0.05, 0.1) is 0 Å². The fourth-order valence-electron chi connectivity index (χ4n) is 3.28. The Morgan fingerprint density at radius 1 is 1.21 bits per heavy atom. The number of hydrogen-bond donors (Lipinski definition) is 1. The molecule has 1 heterocycles. The van der Waals surface area contributed by atoms with E-state index in [1.807, 2.05) is 25.7 Å². The average molecular weight is 269 g/mol. The minimum atomic E-state index is -0.413. The summed E-state index contributed by atoms with van der Waals surface area (Å²) in [5.74, 6) is 1.88. The van der Waals surface area contributed by atoms with Gasteiger partial charge in [0.15, 0.2) is 0 Å². The Hall–Kier alpha value is -0.770. The molecule has 110 valence electrons. The number of carbonyl (C=O) groups excluding carboxylic acids is 1. The predicted octanol–water partition coefficient (Wildman–Crippen LogP) is 2.65. The van der Waals surface area contributed by atoms with Crippen LogP contribution in [0.1, 0.15) is 46.5 Å². The first-order chi connectivity index (χ1) is 8.90. The third kappa shape index (κ3) is 3.62. The number of carbonyl (C=O) groups is 1. The smallest absolute Gasteiger partial charge is 0.410 e. The number of amides is 1. The summed E-state index contributed by atoms with van der Waals surface area (Å²) in [4.78, 5) is 13.8.